The van der Waals surface area contributed by atoms with Gasteiger partial charge in [0, 0.05) is 17.5 Å². The SMILES string of the molecule is CC(C)OCc1ccc(C(=O)NCC2(CO)CC2)cc1. The zero-order chi connectivity index (χ0) is 14.6. The molecule has 1 aromatic rings. The van der Waals surface area contributed by atoms with Crippen LogP contribution in [0, 0.1) is 5.41 Å². The fraction of sp³-hybridized carbons (Fsp3) is 0.562. The second-order valence-electron chi connectivity index (χ2n) is 5.90. The number of carbonyl (C=O) groups is 1. The van der Waals surface area contributed by atoms with Crippen LogP contribution in [-0.2, 0) is 11.3 Å². The number of nitrogens with one attached hydrogen (secondary N) is 1. The lowest BCUT2D eigenvalue weighted by atomic mass is 10.1. The minimum absolute atomic E-state index is 0.0549. The largest absolute Gasteiger partial charge is 0.396 e. The van der Waals surface area contributed by atoms with E-state index in [2.05, 4.69) is 5.32 Å². The topological polar surface area (TPSA) is 58.6 Å². The van der Waals surface area contributed by atoms with Crippen LogP contribution in [-0.4, -0.2) is 30.3 Å². The summed E-state index contributed by atoms with van der Waals surface area (Å²) in [6.45, 7) is 5.26. The Morgan fingerprint density at radius 1 is 1.35 bits per heavy atom. The Morgan fingerprint density at radius 3 is 2.50 bits per heavy atom. The summed E-state index contributed by atoms with van der Waals surface area (Å²) >= 11 is 0. The summed E-state index contributed by atoms with van der Waals surface area (Å²) in [6, 6.07) is 7.45. The normalized spacial score (nSPS) is 16.2. The molecule has 1 aliphatic carbocycles. The Labute approximate surface area is 120 Å². The maximum Gasteiger partial charge on any atom is 0.251 e. The van der Waals surface area contributed by atoms with Gasteiger partial charge in [-0.2, -0.15) is 0 Å². The van der Waals surface area contributed by atoms with E-state index in [4.69, 9.17) is 4.74 Å². The first-order valence-electron chi connectivity index (χ1n) is 7.14. The van der Waals surface area contributed by atoms with Crippen molar-refractivity contribution in [1.82, 2.24) is 5.32 Å². The van der Waals surface area contributed by atoms with Crippen LogP contribution < -0.4 is 5.32 Å². The summed E-state index contributed by atoms with van der Waals surface area (Å²) in [4.78, 5) is 12.0. The van der Waals surface area contributed by atoms with Crippen LogP contribution in [0.15, 0.2) is 24.3 Å². The maximum atomic E-state index is 12.0. The van der Waals surface area contributed by atoms with E-state index in [9.17, 15) is 9.90 Å². The smallest absolute Gasteiger partial charge is 0.251 e. The van der Waals surface area contributed by atoms with Gasteiger partial charge in [0.25, 0.3) is 5.91 Å². The molecule has 1 amide bonds. The van der Waals surface area contributed by atoms with Gasteiger partial charge in [0.15, 0.2) is 0 Å². The molecule has 1 fully saturated rings. The number of hydrogen-bond donors (Lipinski definition) is 2. The molecule has 0 atom stereocenters. The minimum Gasteiger partial charge on any atom is -0.396 e. The molecule has 2 N–H and O–H groups in total. The second-order valence-corrected chi connectivity index (χ2v) is 5.90. The first-order chi connectivity index (χ1) is 9.54. The summed E-state index contributed by atoms with van der Waals surface area (Å²) in [7, 11) is 0. The van der Waals surface area contributed by atoms with Crippen molar-refractivity contribution in [3.8, 4) is 0 Å². The molecule has 1 aromatic carbocycles. The zero-order valence-corrected chi connectivity index (χ0v) is 12.2. The average Bonchev–Trinajstić information content (AvgIpc) is 3.24. The minimum atomic E-state index is -0.0824. The van der Waals surface area contributed by atoms with E-state index in [0.29, 0.717) is 18.7 Å². The number of benzene rings is 1. The number of hydrogen-bond acceptors (Lipinski definition) is 3. The van der Waals surface area contributed by atoms with Gasteiger partial charge in [-0.1, -0.05) is 12.1 Å². The molecular weight excluding hydrogens is 254 g/mol. The third-order valence-corrected chi connectivity index (χ3v) is 3.72. The van der Waals surface area contributed by atoms with Crippen LogP contribution in [0.3, 0.4) is 0 Å². The number of aliphatic hydroxyl groups excluding tert-OH is 1. The van der Waals surface area contributed by atoms with Crippen LogP contribution in [0.25, 0.3) is 0 Å². The lowest BCUT2D eigenvalue weighted by Gasteiger charge is -2.13. The van der Waals surface area contributed by atoms with Crippen molar-refractivity contribution >= 4 is 5.91 Å². The highest BCUT2D eigenvalue weighted by atomic mass is 16.5. The van der Waals surface area contributed by atoms with E-state index >= 15 is 0 Å². The number of ether oxygens (including phenoxy) is 1. The van der Waals surface area contributed by atoms with Crippen molar-refractivity contribution in [3.05, 3.63) is 35.4 Å². The highest BCUT2D eigenvalue weighted by Gasteiger charge is 2.42. The fourth-order valence-corrected chi connectivity index (χ4v) is 1.95. The van der Waals surface area contributed by atoms with E-state index in [0.717, 1.165) is 18.4 Å². The lowest BCUT2D eigenvalue weighted by Crippen LogP contribution is -2.31. The Hall–Kier alpha value is -1.39. The van der Waals surface area contributed by atoms with Crippen molar-refractivity contribution in [2.45, 2.75) is 39.4 Å². The molecule has 0 unspecified atom stereocenters. The van der Waals surface area contributed by atoms with E-state index in [1.807, 2.05) is 38.1 Å². The molecule has 0 bridgehead atoms. The predicted octanol–water partition coefficient (Wildman–Crippen LogP) is 2.11. The van der Waals surface area contributed by atoms with Crippen LogP contribution >= 0.6 is 0 Å². The van der Waals surface area contributed by atoms with Gasteiger partial charge in [0.05, 0.1) is 19.3 Å². The van der Waals surface area contributed by atoms with Gasteiger partial charge in [-0.3, -0.25) is 4.79 Å². The fourth-order valence-electron chi connectivity index (χ4n) is 1.95. The molecular formula is C16H23NO3. The monoisotopic (exact) mass is 277 g/mol. The molecule has 20 heavy (non-hydrogen) atoms. The first kappa shape index (κ1) is 15.0. The van der Waals surface area contributed by atoms with Crippen LogP contribution in [0.4, 0.5) is 0 Å². The summed E-state index contributed by atoms with van der Waals surface area (Å²) in [5.74, 6) is -0.0824. The van der Waals surface area contributed by atoms with Gasteiger partial charge >= 0.3 is 0 Å². The van der Waals surface area contributed by atoms with E-state index in [-0.39, 0.29) is 24.0 Å². The van der Waals surface area contributed by atoms with Crippen LogP contribution in [0.5, 0.6) is 0 Å². The Kier molecular flexibility index (Phi) is 4.78. The van der Waals surface area contributed by atoms with Crippen LogP contribution in [0.2, 0.25) is 0 Å². The van der Waals surface area contributed by atoms with Crippen molar-refractivity contribution in [1.29, 1.82) is 0 Å². The highest BCUT2D eigenvalue weighted by Crippen LogP contribution is 2.44. The molecule has 0 spiro atoms. The average molecular weight is 277 g/mol. The van der Waals surface area contributed by atoms with Crippen molar-refractivity contribution < 1.29 is 14.6 Å². The van der Waals surface area contributed by atoms with E-state index < -0.39 is 0 Å². The molecule has 0 aliphatic heterocycles. The molecule has 1 saturated carbocycles. The third kappa shape index (κ3) is 4.05. The molecule has 2 rings (SSSR count). The summed E-state index contributed by atoms with van der Waals surface area (Å²) < 4.78 is 5.51. The van der Waals surface area contributed by atoms with E-state index in [1.54, 1.807) is 0 Å². The first-order valence-corrected chi connectivity index (χ1v) is 7.14. The molecule has 110 valence electrons. The molecule has 0 radical (unpaired) electrons. The third-order valence-electron chi connectivity index (χ3n) is 3.72. The maximum absolute atomic E-state index is 12.0. The van der Waals surface area contributed by atoms with Gasteiger partial charge in [-0.05, 0) is 44.4 Å². The molecule has 4 nitrogen and oxygen atoms in total. The van der Waals surface area contributed by atoms with E-state index in [1.165, 1.54) is 0 Å². The van der Waals surface area contributed by atoms with Gasteiger partial charge in [-0.15, -0.1) is 0 Å². The molecule has 0 aromatic heterocycles. The zero-order valence-electron chi connectivity index (χ0n) is 12.2. The summed E-state index contributed by atoms with van der Waals surface area (Å²) in [5.41, 5.74) is 1.65. The van der Waals surface area contributed by atoms with Gasteiger partial charge in [0.1, 0.15) is 0 Å². The summed E-state index contributed by atoms with van der Waals surface area (Å²) in [6.07, 6.45) is 2.19. The van der Waals surface area contributed by atoms with Gasteiger partial charge in [0.2, 0.25) is 0 Å². The molecule has 0 saturated heterocycles. The van der Waals surface area contributed by atoms with Gasteiger partial charge in [-0.25, -0.2) is 0 Å². The quantitative estimate of drug-likeness (QED) is 0.802. The van der Waals surface area contributed by atoms with Crippen molar-refractivity contribution in [2.75, 3.05) is 13.2 Å². The molecule has 0 heterocycles. The Morgan fingerprint density at radius 2 is 2.00 bits per heavy atom. The number of carbonyl (C=O) groups excluding carboxylic acids is 1. The standard InChI is InChI=1S/C16H23NO3/c1-12(2)20-9-13-3-5-14(6-4-13)15(19)17-10-16(11-18)7-8-16/h3-6,12,18H,7-11H2,1-2H3,(H,17,19). The molecule has 1 aliphatic rings. The number of aliphatic hydroxyl groups is 1. The summed E-state index contributed by atoms with van der Waals surface area (Å²) in [5, 5.41) is 12.1. The Bertz CT molecular complexity index is 449. The highest BCUT2D eigenvalue weighted by molar-refractivity contribution is 5.94. The van der Waals surface area contributed by atoms with Crippen molar-refractivity contribution in [2.24, 2.45) is 5.41 Å². The number of rotatable bonds is 7. The molecule has 4 heteroatoms. The number of amides is 1. The lowest BCUT2D eigenvalue weighted by molar-refractivity contribution is 0.0656. The van der Waals surface area contributed by atoms with Crippen LogP contribution in [0.1, 0.15) is 42.6 Å². The van der Waals surface area contributed by atoms with Crippen molar-refractivity contribution in [3.63, 3.8) is 0 Å². The second kappa shape index (κ2) is 6.37. The predicted molar refractivity (Wildman–Crippen MR) is 77.5 cm³/mol. The van der Waals surface area contributed by atoms with Gasteiger partial charge < -0.3 is 15.2 Å². The Balaban J connectivity index is 1.84.